The van der Waals surface area contributed by atoms with E-state index in [1.165, 1.54) is 124 Å². The minimum Gasteiger partial charge on any atom is -0.493 e. The van der Waals surface area contributed by atoms with E-state index in [0.717, 1.165) is 25.3 Å². The third-order valence-corrected chi connectivity index (χ3v) is 8.36. The second kappa shape index (κ2) is 17.7. The summed E-state index contributed by atoms with van der Waals surface area (Å²) in [6, 6.07) is 26.1. The van der Waals surface area contributed by atoms with Crippen LogP contribution in [0.25, 0.3) is 21.7 Å². The van der Waals surface area contributed by atoms with Crippen molar-refractivity contribution in [2.75, 3.05) is 6.61 Å². The molecule has 0 spiro atoms. The van der Waals surface area contributed by atoms with Gasteiger partial charge in [-0.1, -0.05) is 152 Å². The zero-order valence-electron chi connectivity index (χ0n) is 25.1. The molecule has 0 aliphatic carbocycles. The van der Waals surface area contributed by atoms with Gasteiger partial charge in [-0.15, -0.1) is 0 Å². The second-order valence-electron chi connectivity index (χ2n) is 11.6. The number of hydrogen-bond donors (Lipinski definition) is 0. The fourth-order valence-corrected chi connectivity index (χ4v) is 5.98. The monoisotopic (exact) mass is 538 g/mol. The number of unbranched alkanes of at least 4 members (excludes halogenated alkanes) is 15. The van der Waals surface area contributed by atoms with Crippen LogP contribution in [-0.4, -0.2) is 6.61 Å². The molecular weight excluding hydrogens is 486 g/mol. The standard InChI is InChI=1S/C38H52NO/c1-2-3-4-5-6-7-8-9-10-11-12-13-14-15-16-19-31-40-38-29-21-28-37-36(38)27-22-30-39(37)32-34-25-20-24-33-23-17-18-26-35(33)34/h17-18,20-30H,2-16,19,31-32H2,1H3/q+1. The minimum atomic E-state index is 0.801. The molecule has 3 aromatic carbocycles. The maximum atomic E-state index is 6.30. The van der Waals surface area contributed by atoms with Crippen molar-refractivity contribution < 1.29 is 9.30 Å². The lowest BCUT2D eigenvalue weighted by atomic mass is 10.0. The summed E-state index contributed by atoms with van der Waals surface area (Å²) in [6.45, 7) is 3.95. The van der Waals surface area contributed by atoms with E-state index >= 15 is 0 Å². The van der Waals surface area contributed by atoms with E-state index in [0.29, 0.717) is 0 Å². The number of benzene rings is 3. The van der Waals surface area contributed by atoms with Gasteiger partial charge in [-0.05, 0) is 29.3 Å². The Bertz CT molecular complexity index is 1260. The van der Waals surface area contributed by atoms with Gasteiger partial charge in [-0.3, -0.25) is 0 Å². The number of ether oxygens (including phenoxy) is 1. The Labute approximate surface area is 243 Å². The number of hydrogen-bond acceptors (Lipinski definition) is 1. The summed E-state index contributed by atoms with van der Waals surface area (Å²) < 4.78 is 8.65. The van der Waals surface area contributed by atoms with Crippen molar-refractivity contribution in [1.82, 2.24) is 0 Å². The molecule has 2 heteroatoms. The molecule has 0 saturated carbocycles. The van der Waals surface area contributed by atoms with Crippen LogP contribution in [0, 0.1) is 0 Å². The lowest BCUT2D eigenvalue weighted by molar-refractivity contribution is -0.662. The van der Waals surface area contributed by atoms with Crippen LogP contribution >= 0.6 is 0 Å². The average Bonchev–Trinajstić information content (AvgIpc) is 2.99. The number of pyridine rings is 1. The Balaban J connectivity index is 1.11. The molecule has 0 unspecified atom stereocenters. The van der Waals surface area contributed by atoms with Crippen LogP contribution in [0.2, 0.25) is 0 Å². The van der Waals surface area contributed by atoms with Gasteiger partial charge in [0, 0.05) is 17.7 Å². The fraction of sp³-hybridized carbons (Fsp3) is 0.500. The summed E-state index contributed by atoms with van der Waals surface area (Å²) in [4.78, 5) is 0. The van der Waals surface area contributed by atoms with Crippen molar-refractivity contribution >= 4 is 21.7 Å². The van der Waals surface area contributed by atoms with E-state index in [4.69, 9.17) is 4.74 Å². The molecule has 0 bridgehead atoms. The van der Waals surface area contributed by atoms with Gasteiger partial charge in [0.15, 0.2) is 12.7 Å². The Morgan fingerprint density at radius 3 is 1.80 bits per heavy atom. The normalized spacial score (nSPS) is 11.4. The molecular formula is C38H52NO+. The second-order valence-corrected chi connectivity index (χ2v) is 11.6. The highest BCUT2D eigenvalue weighted by Gasteiger charge is 2.14. The predicted molar refractivity (Wildman–Crippen MR) is 172 cm³/mol. The zero-order chi connectivity index (χ0) is 27.7. The Kier molecular flexibility index (Phi) is 13.4. The predicted octanol–water partition coefficient (Wildman–Crippen LogP) is 11.0. The van der Waals surface area contributed by atoms with Crippen molar-refractivity contribution in [2.45, 2.75) is 116 Å². The molecule has 0 fully saturated rings. The average molecular weight is 539 g/mol. The first-order valence-corrected chi connectivity index (χ1v) is 16.4. The van der Waals surface area contributed by atoms with Gasteiger partial charge in [-0.25, -0.2) is 0 Å². The van der Waals surface area contributed by atoms with E-state index in [1.54, 1.807) is 0 Å². The maximum Gasteiger partial charge on any atom is 0.216 e. The first-order valence-electron chi connectivity index (χ1n) is 16.4. The molecule has 214 valence electrons. The van der Waals surface area contributed by atoms with Crippen LogP contribution in [0.1, 0.15) is 115 Å². The Hall–Kier alpha value is -2.87. The number of fused-ring (bicyclic) bond motifs is 2. The van der Waals surface area contributed by atoms with Crippen LogP contribution in [0.3, 0.4) is 0 Å². The van der Waals surface area contributed by atoms with E-state index < -0.39 is 0 Å². The topological polar surface area (TPSA) is 13.1 Å². The molecule has 0 saturated heterocycles. The molecule has 4 aromatic rings. The molecule has 4 rings (SSSR count). The van der Waals surface area contributed by atoms with Crippen LogP contribution < -0.4 is 9.30 Å². The largest absolute Gasteiger partial charge is 0.493 e. The lowest BCUT2D eigenvalue weighted by Gasteiger charge is -2.10. The van der Waals surface area contributed by atoms with Gasteiger partial charge in [0.1, 0.15) is 5.75 Å². The molecule has 0 aliphatic heterocycles. The summed E-state index contributed by atoms with van der Waals surface area (Å²) in [5.41, 5.74) is 2.56. The Morgan fingerprint density at radius 1 is 0.525 bits per heavy atom. The van der Waals surface area contributed by atoms with Crippen molar-refractivity contribution in [1.29, 1.82) is 0 Å². The molecule has 1 heterocycles. The van der Waals surface area contributed by atoms with Crippen LogP contribution in [0.5, 0.6) is 5.75 Å². The Morgan fingerprint density at radius 2 is 1.10 bits per heavy atom. The summed E-state index contributed by atoms with van der Waals surface area (Å²) >= 11 is 0. The van der Waals surface area contributed by atoms with E-state index in [9.17, 15) is 0 Å². The molecule has 0 atom stereocenters. The third kappa shape index (κ3) is 9.65. The van der Waals surface area contributed by atoms with Crippen LogP contribution in [0.4, 0.5) is 0 Å². The van der Waals surface area contributed by atoms with Gasteiger partial charge >= 0.3 is 0 Å². The highest BCUT2D eigenvalue weighted by atomic mass is 16.5. The van der Waals surface area contributed by atoms with E-state index in [1.807, 2.05) is 0 Å². The molecule has 0 N–H and O–H groups in total. The van der Waals surface area contributed by atoms with Crippen molar-refractivity contribution in [3.8, 4) is 5.75 Å². The summed E-state index contributed by atoms with van der Waals surface area (Å²) in [5.74, 6) is 1.01. The molecule has 0 amide bonds. The summed E-state index contributed by atoms with van der Waals surface area (Å²) in [6.07, 6.45) is 24.5. The molecule has 1 aromatic heterocycles. The summed E-state index contributed by atoms with van der Waals surface area (Å²) in [5, 5.41) is 3.82. The van der Waals surface area contributed by atoms with Crippen molar-refractivity contribution in [3.63, 3.8) is 0 Å². The van der Waals surface area contributed by atoms with Gasteiger partial charge in [0.2, 0.25) is 5.52 Å². The van der Waals surface area contributed by atoms with E-state index in [-0.39, 0.29) is 0 Å². The number of aromatic nitrogens is 1. The smallest absolute Gasteiger partial charge is 0.216 e. The minimum absolute atomic E-state index is 0.801. The molecule has 40 heavy (non-hydrogen) atoms. The highest BCUT2D eigenvalue weighted by Crippen LogP contribution is 2.25. The van der Waals surface area contributed by atoms with Gasteiger partial charge in [0.25, 0.3) is 0 Å². The number of rotatable bonds is 20. The SMILES string of the molecule is CCCCCCCCCCCCCCCCCCOc1cccc2c1ccc[n+]2Cc1cccc2ccccc12. The molecule has 0 aliphatic rings. The quantitative estimate of drug-likeness (QED) is 0.0805. The zero-order valence-corrected chi connectivity index (χ0v) is 25.1. The lowest BCUT2D eigenvalue weighted by Crippen LogP contribution is -2.34. The van der Waals surface area contributed by atoms with Gasteiger partial charge in [0.05, 0.1) is 12.0 Å². The van der Waals surface area contributed by atoms with Crippen molar-refractivity contribution in [3.05, 3.63) is 84.6 Å². The maximum absolute atomic E-state index is 6.30. The van der Waals surface area contributed by atoms with Crippen molar-refractivity contribution in [2.24, 2.45) is 0 Å². The third-order valence-electron chi connectivity index (χ3n) is 8.36. The molecule has 0 radical (unpaired) electrons. The van der Waals surface area contributed by atoms with Gasteiger partial charge < -0.3 is 4.74 Å². The van der Waals surface area contributed by atoms with Crippen LogP contribution in [0.15, 0.2) is 79.0 Å². The summed E-state index contributed by atoms with van der Waals surface area (Å²) in [7, 11) is 0. The van der Waals surface area contributed by atoms with Crippen LogP contribution in [-0.2, 0) is 6.54 Å². The number of nitrogens with zero attached hydrogens (tertiary/aromatic N) is 1. The molecule has 2 nitrogen and oxygen atoms in total. The first-order chi connectivity index (χ1) is 19.9. The van der Waals surface area contributed by atoms with Gasteiger partial charge in [-0.2, -0.15) is 4.57 Å². The van der Waals surface area contributed by atoms with E-state index in [2.05, 4.69) is 90.5 Å². The highest BCUT2D eigenvalue weighted by molar-refractivity contribution is 5.86. The fourth-order valence-electron chi connectivity index (χ4n) is 5.98. The first kappa shape index (κ1) is 30.1.